The van der Waals surface area contributed by atoms with E-state index >= 15 is 0 Å². The van der Waals surface area contributed by atoms with Gasteiger partial charge in [-0.05, 0) is 43.7 Å². The van der Waals surface area contributed by atoms with E-state index in [1.807, 2.05) is 30.2 Å². The van der Waals surface area contributed by atoms with Crippen LogP contribution in [0.15, 0.2) is 36.4 Å². The van der Waals surface area contributed by atoms with Crippen LogP contribution in [-0.4, -0.2) is 31.9 Å². The Bertz CT molecular complexity index is 1010. The normalized spacial score (nSPS) is 21.1. The van der Waals surface area contributed by atoms with Crippen LogP contribution in [0.5, 0.6) is 17.2 Å². The number of methoxy groups -OCH3 is 2. The Labute approximate surface area is 163 Å². The maximum Gasteiger partial charge on any atom is 0.280 e. The summed E-state index contributed by atoms with van der Waals surface area (Å²) in [4.78, 5) is 13.1. The first-order valence-corrected chi connectivity index (χ1v) is 8.93. The van der Waals surface area contributed by atoms with Crippen LogP contribution in [0.4, 0.5) is 11.4 Å². The molecule has 2 heterocycles. The zero-order valence-electron chi connectivity index (χ0n) is 16.5. The summed E-state index contributed by atoms with van der Waals surface area (Å²) < 4.78 is 17.6. The third kappa shape index (κ3) is 2.10. The summed E-state index contributed by atoms with van der Waals surface area (Å²) >= 11 is 0. The lowest BCUT2D eigenvalue weighted by Crippen LogP contribution is -2.58. The molecule has 0 amide bonds. The third-order valence-corrected chi connectivity index (χ3v) is 5.91. The monoisotopic (exact) mass is 382 g/mol. The Hall–Kier alpha value is -3.22. The van der Waals surface area contributed by atoms with Crippen LogP contribution in [0.2, 0.25) is 0 Å². The summed E-state index contributed by atoms with van der Waals surface area (Å²) in [7, 11) is 5.10. The van der Waals surface area contributed by atoms with E-state index in [4.69, 9.17) is 14.2 Å². The Kier molecular flexibility index (Phi) is 3.82. The number of benzene rings is 2. The molecule has 0 saturated carbocycles. The van der Waals surface area contributed by atoms with Crippen molar-refractivity contribution in [1.29, 1.82) is 0 Å². The molecule has 0 saturated heterocycles. The third-order valence-electron chi connectivity index (χ3n) is 5.91. The molecule has 1 spiro atoms. The van der Waals surface area contributed by atoms with E-state index in [9.17, 15) is 10.1 Å². The SMILES string of the molecule is COc1ccc([N+](=O)[O-])c2c1OC1(C=C2)N(C)c2c(OC)cccc2C1(C)C. The molecule has 2 aromatic carbocycles. The van der Waals surface area contributed by atoms with Crippen LogP contribution < -0.4 is 19.1 Å². The quantitative estimate of drug-likeness (QED) is 0.587. The number of nitro groups is 1. The number of hydrogen-bond acceptors (Lipinski definition) is 6. The van der Waals surface area contributed by atoms with Crippen LogP contribution in [-0.2, 0) is 5.41 Å². The van der Waals surface area contributed by atoms with Crippen molar-refractivity contribution in [1.82, 2.24) is 0 Å². The molecule has 0 radical (unpaired) electrons. The van der Waals surface area contributed by atoms with Crippen molar-refractivity contribution in [3.05, 3.63) is 57.6 Å². The predicted molar refractivity (Wildman–Crippen MR) is 106 cm³/mol. The molecule has 2 aliphatic rings. The molecule has 146 valence electrons. The molecule has 7 heteroatoms. The highest BCUT2D eigenvalue weighted by molar-refractivity contribution is 5.79. The van der Waals surface area contributed by atoms with Gasteiger partial charge in [-0.2, -0.15) is 0 Å². The van der Waals surface area contributed by atoms with Crippen molar-refractivity contribution in [2.24, 2.45) is 0 Å². The molecule has 0 N–H and O–H groups in total. The van der Waals surface area contributed by atoms with E-state index in [1.165, 1.54) is 13.2 Å². The molecule has 2 aliphatic heterocycles. The number of nitrogens with zero attached hydrogens (tertiary/aromatic N) is 2. The molecule has 0 aliphatic carbocycles. The fourth-order valence-electron chi connectivity index (χ4n) is 4.37. The van der Waals surface area contributed by atoms with Gasteiger partial charge in [-0.3, -0.25) is 10.1 Å². The fourth-order valence-corrected chi connectivity index (χ4v) is 4.37. The highest BCUT2D eigenvalue weighted by Crippen LogP contribution is 2.58. The zero-order chi connectivity index (χ0) is 20.3. The van der Waals surface area contributed by atoms with Gasteiger partial charge in [0.05, 0.1) is 35.8 Å². The minimum atomic E-state index is -0.889. The van der Waals surface area contributed by atoms with Crippen molar-refractivity contribution in [2.75, 3.05) is 26.2 Å². The summed E-state index contributed by atoms with van der Waals surface area (Å²) in [6, 6.07) is 8.93. The fraction of sp³-hybridized carbons (Fsp3) is 0.333. The Morgan fingerprint density at radius 1 is 1.11 bits per heavy atom. The number of anilines is 1. The lowest BCUT2D eigenvalue weighted by atomic mass is 9.76. The first-order chi connectivity index (χ1) is 13.3. The van der Waals surface area contributed by atoms with Gasteiger partial charge in [0, 0.05) is 13.1 Å². The van der Waals surface area contributed by atoms with Crippen molar-refractivity contribution in [3.63, 3.8) is 0 Å². The number of fused-ring (bicyclic) bond motifs is 2. The van der Waals surface area contributed by atoms with E-state index in [-0.39, 0.29) is 5.69 Å². The second-order valence-corrected chi connectivity index (χ2v) is 7.46. The van der Waals surface area contributed by atoms with Gasteiger partial charge in [-0.1, -0.05) is 12.1 Å². The summed E-state index contributed by atoms with van der Waals surface area (Å²) in [6.45, 7) is 4.18. The maximum atomic E-state index is 11.5. The minimum absolute atomic E-state index is 0.0181. The Morgan fingerprint density at radius 2 is 1.82 bits per heavy atom. The standard InChI is InChI=1S/C21H22N2O5/c1-20(2)14-7-6-8-16(26-4)18(14)22(3)21(20)12-11-13-15(23(24)25)9-10-17(27-5)19(13)28-21/h6-12H,1-5H3. The number of nitro benzene ring substituents is 1. The summed E-state index contributed by atoms with van der Waals surface area (Å²) in [5.41, 5.74) is 1.05. The van der Waals surface area contributed by atoms with Gasteiger partial charge in [0.2, 0.25) is 5.72 Å². The molecule has 4 rings (SSSR count). The van der Waals surface area contributed by atoms with Crippen LogP contribution >= 0.6 is 0 Å². The molecule has 0 bridgehead atoms. The minimum Gasteiger partial charge on any atom is -0.495 e. The lowest BCUT2D eigenvalue weighted by molar-refractivity contribution is -0.385. The first-order valence-electron chi connectivity index (χ1n) is 8.93. The van der Waals surface area contributed by atoms with Crippen molar-refractivity contribution in [2.45, 2.75) is 25.0 Å². The van der Waals surface area contributed by atoms with E-state index in [2.05, 4.69) is 19.9 Å². The van der Waals surface area contributed by atoms with Crippen molar-refractivity contribution in [3.8, 4) is 17.2 Å². The van der Waals surface area contributed by atoms with Crippen LogP contribution in [0.25, 0.3) is 6.08 Å². The zero-order valence-corrected chi connectivity index (χ0v) is 16.5. The van der Waals surface area contributed by atoms with Crippen LogP contribution in [0.1, 0.15) is 25.0 Å². The molecule has 28 heavy (non-hydrogen) atoms. The average molecular weight is 382 g/mol. The molecule has 0 fully saturated rings. The summed E-state index contributed by atoms with van der Waals surface area (Å²) in [5.74, 6) is 1.57. The van der Waals surface area contributed by atoms with E-state index in [1.54, 1.807) is 19.3 Å². The smallest absolute Gasteiger partial charge is 0.280 e. The lowest BCUT2D eigenvalue weighted by Gasteiger charge is -2.45. The van der Waals surface area contributed by atoms with E-state index in [0.717, 1.165) is 17.0 Å². The van der Waals surface area contributed by atoms with Gasteiger partial charge in [0.25, 0.3) is 5.69 Å². The van der Waals surface area contributed by atoms with Gasteiger partial charge in [0.1, 0.15) is 5.75 Å². The second kappa shape index (κ2) is 5.89. The molecular formula is C21H22N2O5. The molecule has 1 atom stereocenters. The molecule has 1 unspecified atom stereocenters. The van der Waals surface area contributed by atoms with Crippen LogP contribution in [0.3, 0.4) is 0 Å². The summed E-state index contributed by atoms with van der Waals surface area (Å²) in [6.07, 6.45) is 3.65. The molecule has 0 aromatic heterocycles. The molecular weight excluding hydrogens is 360 g/mol. The Morgan fingerprint density at radius 3 is 2.46 bits per heavy atom. The molecule has 2 aromatic rings. The number of likely N-dealkylation sites (N-methyl/N-ethyl adjacent to an activating group) is 1. The number of ether oxygens (including phenoxy) is 3. The molecule has 7 nitrogen and oxygen atoms in total. The topological polar surface area (TPSA) is 74.1 Å². The average Bonchev–Trinajstić information content (AvgIpc) is 2.85. The van der Waals surface area contributed by atoms with Gasteiger partial charge >= 0.3 is 0 Å². The highest BCUT2D eigenvalue weighted by atomic mass is 16.6. The highest BCUT2D eigenvalue weighted by Gasteiger charge is 2.59. The first kappa shape index (κ1) is 18.2. The predicted octanol–water partition coefficient (Wildman–Crippen LogP) is 4.14. The van der Waals surface area contributed by atoms with E-state index in [0.29, 0.717) is 17.1 Å². The van der Waals surface area contributed by atoms with Crippen LogP contribution in [0, 0.1) is 10.1 Å². The van der Waals surface area contributed by atoms with Crippen molar-refractivity contribution >= 4 is 17.5 Å². The second-order valence-electron chi connectivity index (χ2n) is 7.46. The number of para-hydroxylation sites is 1. The van der Waals surface area contributed by atoms with Gasteiger partial charge in [0.15, 0.2) is 11.5 Å². The summed E-state index contributed by atoms with van der Waals surface area (Å²) in [5, 5.41) is 11.5. The Balaban J connectivity index is 1.94. The van der Waals surface area contributed by atoms with Crippen molar-refractivity contribution < 1.29 is 19.1 Å². The van der Waals surface area contributed by atoms with Gasteiger partial charge < -0.3 is 19.1 Å². The largest absolute Gasteiger partial charge is 0.495 e. The van der Waals surface area contributed by atoms with Gasteiger partial charge in [-0.25, -0.2) is 0 Å². The number of rotatable bonds is 3. The maximum absolute atomic E-state index is 11.5. The van der Waals surface area contributed by atoms with Gasteiger partial charge in [-0.15, -0.1) is 0 Å². The van der Waals surface area contributed by atoms with E-state index < -0.39 is 16.1 Å². The number of hydrogen-bond donors (Lipinski definition) is 0.